The van der Waals surface area contributed by atoms with Crippen LogP contribution in [0.2, 0.25) is 5.02 Å². The molecule has 0 fully saturated rings. The topological polar surface area (TPSA) is 40.5 Å². The third kappa shape index (κ3) is 4.01. The Labute approximate surface area is 125 Å². The lowest BCUT2D eigenvalue weighted by Crippen LogP contribution is -2.39. The predicted molar refractivity (Wildman–Crippen MR) is 85.4 cm³/mol. The van der Waals surface area contributed by atoms with Crippen molar-refractivity contribution < 1.29 is 9.90 Å². The SMILES string of the molecule is CC(N(C)c1c(Cl)cccc1/C=C/C(=O)O)C(C)(C)C. The number of carboxylic acid groups (broad SMARTS) is 1. The van der Waals surface area contributed by atoms with Crippen LogP contribution < -0.4 is 4.90 Å². The van der Waals surface area contributed by atoms with E-state index >= 15 is 0 Å². The third-order valence-corrected chi connectivity index (χ3v) is 3.92. The molecule has 1 aromatic rings. The Balaban J connectivity index is 3.26. The molecule has 1 rings (SSSR count). The highest BCUT2D eigenvalue weighted by molar-refractivity contribution is 6.33. The van der Waals surface area contributed by atoms with Crippen LogP contribution in [0.5, 0.6) is 0 Å². The lowest BCUT2D eigenvalue weighted by molar-refractivity contribution is -0.131. The van der Waals surface area contributed by atoms with E-state index in [9.17, 15) is 4.79 Å². The van der Waals surface area contributed by atoms with Gasteiger partial charge in [-0.2, -0.15) is 0 Å². The molecule has 0 aliphatic carbocycles. The van der Waals surface area contributed by atoms with Crippen LogP contribution in [0, 0.1) is 5.41 Å². The molecule has 110 valence electrons. The largest absolute Gasteiger partial charge is 0.478 e. The van der Waals surface area contributed by atoms with Crippen molar-refractivity contribution in [2.75, 3.05) is 11.9 Å². The quantitative estimate of drug-likeness (QED) is 0.842. The van der Waals surface area contributed by atoms with Gasteiger partial charge in [-0.25, -0.2) is 4.79 Å². The minimum Gasteiger partial charge on any atom is -0.478 e. The fourth-order valence-corrected chi connectivity index (χ4v) is 2.29. The first-order valence-electron chi connectivity index (χ1n) is 6.57. The Bertz CT molecular complexity index is 518. The molecule has 1 N–H and O–H groups in total. The van der Waals surface area contributed by atoms with Gasteiger partial charge in [0.25, 0.3) is 0 Å². The smallest absolute Gasteiger partial charge is 0.328 e. The normalized spacial score (nSPS) is 13.5. The maximum atomic E-state index is 10.7. The Hall–Kier alpha value is -1.48. The van der Waals surface area contributed by atoms with Gasteiger partial charge in [0.2, 0.25) is 0 Å². The van der Waals surface area contributed by atoms with E-state index in [-0.39, 0.29) is 11.5 Å². The van der Waals surface area contributed by atoms with Gasteiger partial charge in [-0.05, 0) is 30.0 Å². The van der Waals surface area contributed by atoms with Crippen molar-refractivity contribution in [3.8, 4) is 0 Å². The molecule has 0 amide bonds. The van der Waals surface area contributed by atoms with Crippen LogP contribution in [-0.4, -0.2) is 24.2 Å². The molecule has 0 aliphatic heterocycles. The maximum Gasteiger partial charge on any atom is 0.328 e. The molecule has 0 heterocycles. The molecule has 0 saturated heterocycles. The van der Waals surface area contributed by atoms with Crippen molar-refractivity contribution in [1.29, 1.82) is 0 Å². The first-order valence-corrected chi connectivity index (χ1v) is 6.94. The Morgan fingerprint density at radius 1 is 1.40 bits per heavy atom. The van der Waals surface area contributed by atoms with Gasteiger partial charge in [-0.15, -0.1) is 0 Å². The van der Waals surface area contributed by atoms with Crippen LogP contribution in [-0.2, 0) is 4.79 Å². The average molecular weight is 296 g/mol. The Morgan fingerprint density at radius 2 is 2.00 bits per heavy atom. The molecule has 20 heavy (non-hydrogen) atoms. The van der Waals surface area contributed by atoms with E-state index in [0.29, 0.717) is 5.02 Å². The van der Waals surface area contributed by atoms with Crippen molar-refractivity contribution in [3.63, 3.8) is 0 Å². The van der Waals surface area contributed by atoms with Gasteiger partial charge in [0, 0.05) is 19.2 Å². The molecule has 1 unspecified atom stereocenters. The number of halogens is 1. The van der Waals surface area contributed by atoms with Crippen molar-refractivity contribution >= 4 is 29.3 Å². The molecule has 1 aromatic carbocycles. The minimum absolute atomic E-state index is 0.0850. The average Bonchev–Trinajstić information content (AvgIpc) is 2.33. The number of anilines is 1. The van der Waals surface area contributed by atoms with Crippen molar-refractivity contribution in [2.45, 2.75) is 33.7 Å². The van der Waals surface area contributed by atoms with E-state index in [0.717, 1.165) is 17.3 Å². The van der Waals surface area contributed by atoms with Gasteiger partial charge in [-0.3, -0.25) is 0 Å². The van der Waals surface area contributed by atoms with Crippen LogP contribution >= 0.6 is 11.6 Å². The summed E-state index contributed by atoms with van der Waals surface area (Å²) in [7, 11) is 1.98. The van der Waals surface area contributed by atoms with E-state index in [1.54, 1.807) is 6.08 Å². The molecule has 0 bridgehead atoms. The first-order chi connectivity index (χ1) is 9.14. The molecule has 1 atom stereocenters. The lowest BCUT2D eigenvalue weighted by atomic mass is 9.86. The first kappa shape index (κ1) is 16.6. The predicted octanol–water partition coefficient (Wildman–Crippen LogP) is 4.31. The van der Waals surface area contributed by atoms with E-state index < -0.39 is 5.97 Å². The summed E-state index contributed by atoms with van der Waals surface area (Å²) >= 11 is 6.31. The second-order valence-electron chi connectivity index (χ2n) is 6.00. The third-order valence-electron chi connectivity index (χ3n) is 3.61. The zero-order chi connectivity index (χ0) is 15.5. The lowest BCUT2D eigenvalue weighted by Gasteiger charge is -2.38. The van der Waals surface area contributed by atoms with Crippen molar-refractivity contribution in [1.82, 2.24) is 0 Å². The monoisotopic (exact) mass is 295 g/mol. The highest BCUT2D eigenvalue weighted by atomic mass is 35.5. The summed E-state index contributed by atoms with van der Waals surface area (Å²) in [5, 5.41) is 9.40. The van der Waals surface area contributed by atoms with E-state index in [1.165, 1.54) is 0 Å². The van der Waals surface area contributed by atoms with Crippen LogP contribution in [0.25, 0.3) is 6.08 Å². The van der Waals surface area contributed by atoms with Crippen LogP contribution in [0.15, 0.2) is 24.3 Å². The zero-order valence-electron chi connectivity index (χ0n) is 12.6. The summed E-state index contributed by atoms with van der Waals surface area (Å²) in [4.78, 5) is 12.8. The summed E-state index contributed by atoms with van der Waals surface area (Å²) in [6.45, 7) is 8.63. The summed E-state index contributed by atoms with van der Waals surface area (Å²) in [5.41, 5.74) is 1.74. The number of rotatable bonds is 4. The van der Waals surface area contributed by atoms with Crippen LogP contribution in [0.3, 0.4) is 0 Å². The Kier molecular flexibility index (Phi) is 5.23. The minimum atomic E-state index is -0.970. The fraction of sp³-hybridized carbons (Fsp3) is 0.438. The van der Waals surface area contributed by atoms with Gasteiger partial charge in [-0.1, -0.05) is 44.5 Å². The summed E-state index contributed by atoms with van der Waals surface area (Å²) in [6.07, 6.45) is 2.71. The number of para-hydroxylation sites is 1. The maximum absolute atomic E-state index is 10.7. The molecule has 3 nitrogen and oxygen atoms in total. The number of aliphatic carboxylic acids is 1. The second kappa shape index (κ2) is 6.31. The van der Waals surface area contributed by atoms with Gasteiger partial charge in [0.1, 0.15) is 0 Å². The summed E-state index contributed by atoms with van der Waals surface area (Å²) in [5.74, 6) is -0.970. The van der Waals surface area contributed by atoms with Crippen molar-refractivity contribution in [2.24, 2.45) is 5.41 Å². The molecule has 0 saturated carbocycles. The summed E-state index contributed by atoms with van der Waals surface area (Å²) < 4.78 is 0. The van der Waals surface area contributed by atoms with Gasteiger partial charge in [0.15, 0.2) is 0 Å². The number of carbonyl (C=O) groups is 1. The standard InChI is InChI=1S/C16H22ClNO2/c1-11(16(2,3)4)18(5)15-12(9-10-14(19)20)7-6-8-13(15)17/h6-11H,1-5H3,(H,19,20)/b10-9+. The van der Waals surface area contributed by atoms with Crippen LogP contribution in [0.1, 0.15) is 33.3 Å². The number of carboxylic acids is 1. The number of hydrogen-bond donors (Lipinski definition) is 1. The molecular formula is C16H22ClNO2. The van der Waals surface area contributed by atoms with Gasteiger partial charge < -0.3 is 10.0 Å². The number of nitrogens with zero attached hydrogens (tertiary/aromatic N) is 1. The number of benzene rings is 1. The second-order valence-corrected chi connectivity index (χ2v) is 6.41. The zero-order valence-corrected chi connectivity index (χ0v) is 13.4. The van der Waals surface area contributed by atoms with E-state index in [4.69, 9.17) is 16.7 Å². The Morgan fingerprint density at radius 3 is 2.50 bits per heavy atom. The van der Waals surface area contributed by atoms with Gasteiger partial charge >= 0.3 is 5.97 Å². The molecule has 0 aromatic heterocycles. The van der Waals surface area contributed by atoms with Gasteiger partial charge in [0.05, 0.1) is 10.7 Å². The molecular weight excluding hydrogens is 274 g/mol. The highest BCUT2D eigenvalue weighted by Gasteiger charge is 2.26. The fourth-order valence-electron chi connectivity index (χ4n) is 1.97. The molecule has 0 radical (unpaired) electrons. The summed E-state index contributed by atoms with van der Waals surface area (Å²) in [6, 6.07) is 5.76. The molecule has 4 heteroatoms. The van der Waals surface area contributed by atoms with E-state index in [2.05, 4.69) is 32.6 Å². The number of hydrogen-bond acceptors (Lipinski definition) is 2. The van der Waals surface area contributed by atoms with Crippen LogP contribution in [0.4, 0.5) is 5.69 Å². The molecule has 0 spiro atoms. The molecule has 0 aliphatic rings. The van der Waals surface area contributed by atoms with E-state index in [1.807, 2.05) is 25.2 Å². The highest BCUT2D eigenvalue weighted by Crippen LogP contribution is 2.35. The van der Waals surface area contributed by atoms with Crippen molar-refractivity contribution in [3.05, 3.63) is 34.9 Å².